The largest absolute Gasteiger partial charge is 0.289 e. The number of hydrogen-bond donors (Lipinski definition) is 0. The first-order valence-corrected chi connectivity index (χ1v) is 9.19. The minimum absolute atomic E-state index is 0.0905. The summed E-state index contributed by atoms with van der Waals surface area (Å²) in [7, 11) is 0. The zero-order chi connectivity index (χ0) is 18.7. The Morgan fingerprint density at radius 3 is 2.22 bits per heavy atom. The average Bonchev–Trinajstić information content (AvgIpc) is 2.64. The van der Waals surface area contributed by atoms with Crippen LogP contribution >= 0.6 is 0 Å². The van der Waals surface area contributed by atoms with E-state index in [0.29, 0.717) is 0 Å². The molecule has 0 saturated carbocycles. The van der Waals surface area contributed by atoms with Gasteiger partial charge in [-0.2, -0.15) is 0 Å². The van der Waals surface area contributed by atoms with Gasteiger partial charge in [0.2, 0.25) is 0 Å². The van der Waals surface area contributed by atoms with Crippen molar-refractivity contribution in [2.75, 3.05) is 0 Å². The number of aryl methyl sites for hydroxylation is 3. The Morgan fingerprint density at radius 1 is 0.667 bits per heavy atom. The van der Waals surface area contributed by atoms with Crippen molar-refractivity contribution < 1.29 is 4.79 Å². The molecule has 0 radical (unpaired) electrons. The molecule has 27 heavy (non-hydrogen) atoms. The fourth-order valence-electron chi connectivity index (χ4n) is 4.19. The molecule has 0 spiro atoms. The maximum Gasteiger partial charge on any atom is 0.194 e. The zero-order valence-corrected chi connectivity index (χ0v) is 15.6. The number of hydrogen-bond acceptors (Lipinski definition) is 2. The van der Waals surface area contributed by atoms with Gasteiger partial charge in [0, 0.05) is 22.1 Å². The third-order valence-corrected chi connectivity index (χ3v) is 5.31. The molecular weight excluding hydrogens is 330 g/mol. The maximum absolute atomic E-state index is 13.1. The summed E-state index contributed by atoms with van der Waals surface area (Å²) in [6.45, 7) is 6.24. The quantitative estimate of drug-likeness (QED) is 0.369. The van der Waals surface area contributed by atoms with Gasteiger partial charge in [0.25, 0.3) is 0 Å². The van der Waals surface area contributed by atoms with Gasteiger partial charge in [-0.15, -0.1) is 0 Å². The summed E-state index contributed by atoms with van der Waals surface area (Å²) in [5, 5.41) is 0.965. The molecule has 130 valence electrons. The summed E-state index contributed by atoms with van der Waals surface area (Å²) < 4.78 is 0. The SMILES string of the molecule is Cc1cc(C)cc(-c2cc3c4c(cccc4n2)C(=O)c2cc(C)ccc2-3)c1. The number of benzene rings is 3. The van der Waals surface area contributed by atoms with Gasteiger partial charge >= 0.3 is 0 Å². The summed E-state index contributed by atoms with van der Waals surface area (Å²) in [6, 6.07) is 20.6. The first-order chi connectivity index (χ1) is 13.0. The van der Waals surface area contributed by atoms with Crippen LogP contribution in [0.5, 0.6) is 0 Å². The van der Waals surface area contributed by atoms with Crippen LogP contribution in [-0.2, 0) is 0 Å². The number of nitrogens with zero attached hydrogens (tertiary/aromatic N) is 1. The van der Waals surface area contributed by atoms with Gasteiger partial charge in [0.15, 0.2) is 5.78 Å². The van der Waals surface area contributed by atoms with E-state index in [1.54, 1.807) is 0 Å². The Labute approximate surface area is 158 Å². The number of aromatic nitrogens is 1. The molecule has 2 heteroatoms. The normalized spacial score (nSPS) is 12.3. The smallest absolute Gasteiger partial charge is 0.194 e. The topological polar surface area (TPSA) is 30.0 Å². The van der Waals surface area contributed by atoms with Gasteiger partial charge in [-0.3, -0.25) is 4.79 Å². The molecule has 1 aliphatic carbocycles. The monoisotopic (exact) mass is 349 g/mol. The van der Waals surface area contributed by atoms with Crippen molar-refractivity contribution in [2.24, 2.45) is 0 Å². The fraction of sp³-hybridized carbons (Fsp3) is 0.120. The van der Waals surface area contributed by atoms with E-state index in [0.717, 1.165) is 50.0 Å². The first kappa shape index (κ1) is 16.0. The highest BCUT2D eigenvalue weighted by atomic mass is 16.1. The minimum atomic E-state index is 0.0905. The average molecular weight is 349 g/mol. The molecule has 0 atom stereocenters. The second-order valence-electron chi connectivity index (χ2n) is 7.51. The molecule has 1 aliphatic rings. The van der Waals surface area contributed by atoms with Crippen LogP contribution in [0.15, 0.2) is 60.7 Å². The fourth-order valence-corrected chi connectivity index (χ4v) is 4.19. The van der Waals surface area contributed by atoms with Crippen molar-refractivity contribution in [1.82, 2.24) is 4.98 Å². The Bertz CT molecular complexity index is 1250. The van der Waals surface area contributed by atoms with E-state index < -0.39 is 0 Å². The Morgan fingerprint density at radius 2 is 1.44 bits per heavy atom. The molecule has 4 aromatic rings. The predicted molar refractivity (Wildman–Crippen MR) is 110 cm³/mol. The molecule has 1 aromatic heterocycles. The third-order valence-electron chi connectivity index (χ3n) is 5.31. The van der Waals surface area contributed by atoms with Gasteiger partial charge in [-0.25, -0.2) is 4.98 Å². The van der Waals surface area contributed by atoms with Crippen LogP contribution in [0.1, 0.15) is 32.6 Å². The molecule has 3 aromatic carbocycles. The number of pyridine rings is 1. The summed E-state index contributed by atoms with van der Waals surface area (Å²) in [6.07, 6.45) is 0. The molecular formula is C25H19NO. The Hall–Kier alpha value is -3.26. The van der Waals surface area contributed by atoms with E-state index >= 15 is 0 Å². The van der Waals surface area contributed by atoms with Gasteiger partial charge in [0.1, 0.15) is 0 Å². The lowest BCUT2D eigenvalue weighted by Gasteiger charge is -2.21. The predicted octanol–water partition coefficient (Wildman–Crippen LogP) is 6.04. The number of ketones is 1. The van der Waals surface area contributed by atoms with Gasteiger partial charge in [-0.1, -0.05) is 47.0 Å². The van der Waals surface area contributed by atoms with Crippen molar-refractivity contribution >= 4 is 16.7 Å². The van der Waals surface area contributed by atoms with Crippen LogP contribution in [0.25, 0.3) is 33.3 Å². The molecule has 0 saturated heterocycles. The highest BCUT2D eigenvalue weighted by molar-refractivity contribution is 6.25. The summed E-state index contributed by atoms with van der Waals surface area (Å²) in [5.41, 5.74) is 10.1. The molecule has 5 rings (SSSR count). The number of carbonyl (C=O) groups is 1. The van der Waals surface area contributed by atoms with Crippen molar-refractivity contribution in [1.29, 1.82) is 0 Å². The van der Waals surface area contributed by atoms with E-state index in [1.165, 1.54) is 11.1 Å². The number of fused-ring (bicyclic) bond motifs is 2. The Kier molecular flexibility index (Phi) is 3.32. The number of rotatable bonds is 1. The van der Waals surface area contributed by atoms with Crippen LogP contribution in [0, 0.1) is 20.8 Å². The van der Waals surface area contributed by atoms with Gasteiger partial charge in [-0.05, 0) is 62.2 Å². The summed E-state index contributed by atoms with van der Waals surface area (Å²) in [4.78, 5) is 18.0. The summed E-state index contributed by atoms with van der Waals surface area (Å²) >= 11 is 0. The van der Waals surface area contributed by atoms with E-state index in [2.05, 4.69) is 50.2 Å². The molecule has 0 bridgehead atoms. The molecule has 0 unspecified atom stereocenters. The van der Waals surface area contributed by atoms with E-state index in [9.17, 15) is 4.79 Å². The molecule has 0 fully saturated rings. The third kappa shape index (κ3) is 2.41. The van der Waals surface area contributed by atoms with Crippen LogP contribution < -0.4 is 0 Å². The van der Waals surface area contributed by atoms with Crippen molar-refractivity contribution in [3.63, 3.8) is 0 Å². The van der Waals surface area contributed by atoms with E-state index in [1.807, 2.05) is 31.2 Å². The van der Waals surface area contributed by atoms with Crippen molar-refractivity contribution in [3.8, 4) is 22.4 Å². The van der Waals surface area contributed by atoms with Gasteiger partial charge < -0.3 is 0 Å². The second kappa shape index (κ2) is 5.62. The highest BCUT2D eigenvalue weighted by Crippen LogP contribution is 2.41. The van der Waals surface area contributed by atoms with Crippen LogP contribution in [0.4, 0.5) is 0 Å². The second-order valence-corrected chi connectivity index (χ2v) is 7.51. The lowest BCUT2D eigenvalue weighted by atomic mass is 9.83. The minimum Gasteiger partial charge on any atom is -0.289 e. The van der Waals surface area contributed by atoms with Gasteiger partial charge in [0.05, 0.1) is 11.2 Å². The lowest BCUT2D eigenvalue weighted by Crippen LogP contribution is -2.11. The Balaban J connectivity index is 1.88. The van der Waals surface area contributed by atoms with Crippen molar-refractivity contribution in [3.05, 3.63) is 88.5 Å². The van der Waals surface area contributed by atoms with Crippen LogP contribution in [-0.4, -0.2) is 10.8 Å². The van der Waals surface area contributed by atoms with Crippen LogP contribution in [0.3, 0.4) is 0 Å². The first-order valence-electron chi connectivity index (χ1n) is 9.19. The molecule has 1 heterocycles. The van der Waals surface area contributed by atoms with E-state index in [4.69, 9.17) is 4.98 Å². The van der Waals surface area contributed by atoms with Crippen LogP contribution in [0.2, 0.25) is 0 Å². The van der Waals surface area contributed by atoms with E-state index in [-0.39, 0.29) is 5.78 Å². The molecule has 0 amide bonds. The highest BCUT2D eigenvalue weighted by Gasteiger charge is 2.26. The maximum atomic E-state index is 13.1. The molecule has 0 aliphatic heterocycles. The number of carbonyl (C=O) groups excluding carboxylic acids is 1. The summed E-state index contributed by atoms with van der Waals surface area (Å²) in [5.74, 6) is 0.0905. The lowest BCUT2D eigenvalue weighted by molar-refractivity contribution is 0.104. The molecule has 2 nitrogen and oxygen atoms in total. The molecule has 0 N–H and O–H groups in total. The zero-order valence-electron chi connectivity index (χ0n) is 15.6. The van der Waals surface area contributed by atoms with Crippen molar-refractivity contribution in [2.45, 2.75) is 20.8 Å². The standard InChI is InChI=1S/C25H19NO/c1-14-7-8-18-20-13-23(17-10-15(2)9-16(3)11-17)26-22-6-4-5-19(24(20)22)25(27)21(18)12-14/h4-13H,1-3H3.